The molecule has 0 saturated carbocycles. The van der Waals surface area contributed by atoms with E-state index in [1.54, 1.807) is 95.3 Å². The van der Waals surface area contributed by atoms with Crippen molar-refractivity contribution < 1.29 is 37.3 Å². The Morgan fingerprint density at radius 2 is 0.969 bits per heavy atom. The number of hydrogen-bond acceptors (Lipinski definition) is 14. The van der Waals surface area contributed by atoms with Crippen LogP contribution in [0.4, 0.5) is 20.2 Å². The number of piperazine rings is 1. The summed E-state index contributed by atoms with van der Waals surface area (Å²) in [7, 11) is 3.09. The molecule has 2 aromatic rings. The molecule has 0 radical (unpaired) electrons. The third-order valence-corrected chi connectivity index (χ3v) is 17.4. The Morgan fingerprint density at radius 1 is 0.609 bits per heavy atom. The van der Waals surface area contributed by atoms with Gasteiger partial charge in [-0.3, -0.25) is 9.59 Å². The van der Waals surface area contributed by atoms with Crippen molar-refractivity contribution in [3.05, 3.63) is 35.4 Å². The second-order valence-electron chi connectivity index (χ2n) is 16.2. The molecule has 5 rings (SSSR count). The Morgan fingerprint density at radius 3 is 1.30 bits per heavy atom. The van der Waals surface area contributed by atoms with Crippen molar-refractivity contribution >= 4 is 70.2 Å². The van der Waals surface area contributed by atoms with Crippen molar-refractivity contribution in [2.24, 2.45) is 0 Å². The van der Waals surface area contributed by atoms with Crippen molar-refractivity contribution in [3.8, 4) is 23.0 Å². The molecular formula is C46H72F2N6O6S4. The molecule has 18 heteroatoms. The molecule has 2 aromatic carbocycles. The fourth-order valence-electron chi connectivity index (χ4n) is 8.66. The maximum absolute atomic E-state index is 14.7. The first-order chi connectivity index (χ1) is 31.0. The number of carbonyl (C=O) groups is 2. The first-order valence-electron chi connectivity index (χ1n) is 23.0. The summed E-state index contributed by atoms with van der Waals surface area (Å²) < 4.78 is 53.1. The number of hydrogen-bond donors (Lipinski definition) is 2. The molecule has 0 bridgehead atoms. The molecule has 3 saturated heterocycles. The molecule has 360 valence electrons. The van der Waals surface area contributed by atoms with Crippen molar-refractivity contribution in [3.63, 3.8) is 0 Å². The molecule has 2 unspecified atom stereocenters. The number of nitrogens with two attached hydrogens (primary N) is 2. The summed E-state index contributed by atoms with van der Waals surface area (Å²) >= 11 is 7.04. The number of alkyl halides is 2. The van der Waals surface area contributed by atoms with Gasteiger partial charge in [0.2, 0.25) is 0 Å². The monoisotopic (exact) mass is 970 g/mol. The Bertz CT molecular complexity index is 1650. The highest BCUT2D eigenvalue weighted by molar-refractivity contribution is 8.17. The minimum atomic E-state index is -1.06. The van der Waals surface area contributed by atoms with Gasteiger partial charge in [-0.15, -0.1) is 47.0 Å². The van der Waals surface area contributed by atoms with E-state index in [4.69, 9.17) is 30.4 Å². The lowest BCUT2D eigenvalue weighted by Gasteiger charge is -2.34. The van der Waals surface area contributed by atoms with E-state index in [9.17, 15) is 18.4 Å². The predicted octanol–water partition coefficient (Wildman–Crippen LogP) is 8.27. The lowest BCUT2D eigenvalue weighted by atomic mass is 10.1. The highest BCUT2D eigenvalue weighted by atomic mass is 32.2. The van der Waals surface area contributed by atoms with Gasteiger partial charge in [-0.1, -0.05) is 27.7 Å². The first kappa shape index (κ1) is 52.3. The number of anilines is 2. The summed E-state index contributed by atoms with van der Waals surface area (Å²) in [5.74, 6) is 4.92. The zero-order valence-corrected chi connectivity index (χ0v) is 42.0. The topological polar surface area (TPSA) is 136 Å². The summed E-state index contributed by atoms with van der Waals surface area (Å²) in [6.45, 7) is 15.5. The Labute approximate surface area is 397 Å². The largest absolute Gasteiger partial charge is 0.493 e. The van der Waals surface area contributed by atoms with Gasteiger partial charge < -0.3 is 50.0 Å². The van der Waals surface area contributed by atoms with E-state index in [0.717, 1.165) is 88.0 Å². The van der Waals surface area contributed by atoms with Gasteiger partial charge in [0.25, 0.3) is 11.8 Å². The number of carbonyl (C=O) groups excluding carboxylic acids is 2. The van der Waals surface area contributed by atoms with E-state index in [2.05, 4.69) is 37.5 Å². The minimum Gasteiger partial charge on any atom is -0.493 e. The maximum atomic E-state index is 14.7. The van der Waals surface area contributed by atoms with E-state index < -0.39 is 12.3 Å². The number of ether oxygens (including phenoxy) is 4. The molecule has 4 atom stereocenters. The molecule has 3 fully saturated rings. The molecule has 0 aromatic heterocycles. The zero-order chi connectivity index (χ0) is 46.2. The van der Waals surface area contributed by atoms with Crippen molar-refractivity contribution in [1.82, 2.24) is 19.6 Å². The molecular weight excluding hydrogens is 899 g/mol. The lowest BCUT2D eigenvalue weighted by Crippen LogP contribution is -2.46. The smallest absolute Gasteiger partial charge is 0.256 e. The molecule has 12 nitrogen and oxygen atoms in total. The Hall–Kier alpha value is -2.64. The Kier molecular flexibility index (Phi) is 21.8. The van der Waals surface area contributed by atoms with Gasteiger partial charge in [0.1, 0.15) is 12.3 Å². The van der Waals surface area contributed by atoms with E-state index in [1.165, 1.54) is 0 Å². The van der Waals surface area contributed by atoms with Gasteiger partial charge in [0.15, 0.2) is 23.0 Å². The van der Waals surface area contributed by atoms with Crippen LogP contribution < -0.4 is 30.4 Å². The van der Waals surface area contributed by atoms with E-state index in [-0.39, 0.29) is 46.2 Å². The minimum absolute atomic E-state index is 0.0682. The SMILES string of the molecule is CCSC(SCC)[C@H]1CC(F)CN1C(=O)c1cc(OC)c(OCCCCN2CCN(CCCCOc3cc(N)c(C(=O)N4CC(F)C[C@H]4C(SCC)SCC)cc3OC)CC2)cc1N. The van der Waals surface area contributed by atoms with Crippen LogP contribution in [0.2, 0.25) is 0 Å². The van der Waals surface area contributed by atoms with Crippen LogP contribution in [-0.4, -0.2) is 168 Å². The van der Waals surface area contributed by atoms with Crippen LogP contribution in [0, 0.1) is 0 Å². The number of thioether (sulfide) groups is 4. The number of unbranched alkanes of at least 4 members (excludes halogenated alkanes) is 2. The summed E-state index contributed by atoms with van der Waals surface area (Å²) in [6.07, 6.45) is 2.23. The highest BCUT2D eigenvalue weighted by Crippen LogP contribution is 2.41. The third kappa shape index (κ3) is 14.2. The fraction of sp³-hybridized carbons (Fsp3) is 0.696. The first-order valence-corrected chi connectivity index (χ1v) is 27.2. The normalized spacial score (nSPS) is 20.7. The van der Waals surface area contributed by atoms with Crippen LogP contribution in [0.25, 0.3) is 0 Å². The molecule has 4 N–H and O–H groups in total. The number of methoxy groups -OCH3 is 2. The van der Waals surface area contributed by atoms with Gasteiger partial charge in [-0.2, -0.15) is 0 Å². The van der Waals surface area contributed by atoms with Crippen molar-refractivity contribution in [2.45, 2.75) is 99.8 Å². The average molecular weight is 971 g/mol. The molecule has 2 amide bonds. The van der Waals surface area contributed by atoms with E-state index in [0.29, 0.717) is 71.6 Å². The number of benzene rings is 2. The van der Waals surface area contributed by atoms with Crippen LogP contribution in [-0.2, 0) is 0 Å². The van der Waals surface area contributed by atoms with Gasteiger partial charge in [-0.05, 0) is 73.9 Å². The number of nitrogens with zero attached hydrogens (tertiary/aromatic N) is 4. The molecule has 3 aliphatic heterocycles. The number of rotatable bonds is 26. The second-order valence-corrected chi connectivity index (χ2v) is 22.5. The van der Waals surface area contributed by atoms with Crippen LogP contribution in [0.5, 0.6) is 23.0 Å². The summed E-state index contributed by atoms with van der Waals surface area (Å²) in [4.78, 5) is 35.9. The van der Waals surface area contributed by atoms with E-state index >= 15 is 0 Å². The zero-order valence-electron chi connectivity index (χ0n) is 38.7. The number of likely N-dealkylation sites (tertiary alicyclic amines) is 2. The third-order valence-electron chi connectivity index (χ3n) is 11.9. The van der Waals surface area contributed by atoms with E-state index in [1.807, 2.05) is 0 Å². The fourth-order valence-corrected chi connectivity index (χ4v) is 14.3. The second kappa shape index (κ2) is 26.6. The van der Waals surface area contributed by atoms with Crippen LogP contribution in [0.15, 0.2) is 24.3 Å². The average Bonchev–Trinajstić information content (AvgIpc) is 3.88. The van der Waals surface area contributed by atoms with Gasteiger partial charge in [-0.25, -0.2) is 8.78 Å². The van der Waals surface area contributed by atoms with Gasteiger partial charge in [0.05, 0.1) is 72.9 Å². The molecule has 64 heavy (non-hydrogen) atoms. The Balaban J connectivity index is 0.998. The summed E-state index contributed by atoms with van der Waals surface area (Å²) in [6, 6.07) is 6.19. The van der Waals surface area contributed by atoms with Gasteiger partial charge in [0, 0.05) is 62.5 Å². The van der Waals surface area contributed by atoms with Crippen LogP contribution in [0.3, 0.4) is 0 Å². The quantitative estimate of drug-likeness (QED) is 0.0532. The lowest BCUT2D eigenvalue weighted by molar-refractivity contribution is 0.0731. The molecule has 0 aliphatic carbocycles. The molecule has 3 aliphatic rings. The number of halogens is 2. The van der Waals surface area contributed by atoms with Crippen molar-refractivity contribution in [1.29, 1.82) is 0 Å². The van der Waals surface area contributed by atoms with Gasteiger partial charge >= 0.3 is 0 Å². The standard InChI is InChI=1S/C46H72F2N6O6S4/c1-7-61-45(62-8-2)37-23-31(47)29-53(37)43(55)33-25-39(57-5)41(27-35(33)49)59-21-13-11-15-51-17-19-52(20-18-51)16-12-14-22-60-42-28-36(50)34(26-40(42)58-6)44(56)54-30-32(48)24-38(54)46(63-9-3)64-10-4/h25-28,31-32,37-38,45-46H,7-24,29-30,49-50H2,1-6H3/t31?,32?,37-,38+. The van der Waals surface area contributed by atoms with Crippen molar-refractivity contribution in [2.75, 3.05) is 114 Å². The van der Waals surface area contributed by atoms with Crippen LogP contribution >= 0.6 is 47.0 Å². The summed E-state index contributed by atoms with van der Waals surface area (Å²) in [5.41, 5.74) is 14.1. The van der Waals surface area contributed by atoms with Crippen LogP contribution in [0.1, 0.15) is 86.9 Å². The summed E-state index contributed by atoms with van der Waals surface area (Å²) in [5, 5.41) is 0. The maximum Gasteiger partial charge on any atom is 0.256 e. The predicted molar refractivity (Wildman–Crippen MR) is 266 cm³/mol. The highest BCUT2D eigenvalue weighted by Gasteiger charge is 2.42. The number of amides is 2. The molecule has 0 spiro atoms. The molecule has 3 heterocycles. The number of nitrogen functional groups attached to an aromatic ring is 2.